The molecule has 5 heteroatoms. The van der Waals surface area contributed by atoms with E-state index in [0.29, 0.717) is 25.6 Å². The molecule has 2 aromatic carbocycles. The van der Waals surface area contributed by atoms with Gasteiger partial charge in [0.05, 0.1) is 19.6 Å². The van der Waals surface area contributed by atoms with E-state index in [1.807, 2.05) is 59.6 Å². The number of carbonyl (C=O) groups is 1. The lowest BCUT2D eigenvalue weighted by Gasteiger charge is -2.22. The van der Waals surface area contributed by atoms with Gasteiger partial charge < -0.3 is 14.2 Å². The molecule has 0 bridgehead atoms. The van der Waals surface area contributed by atoms with Crippen molar-refractivity contribution >= 4 is 22.9 Å². The standard InChI is InChI=1S/C25H25N3O2/c1-30-24-10-5-2-7-20(24)18-28(21-12-13-21)25(29)14-11-19-17-27(16-6-15-26)23-9-4-3-8-22(19)23/h2-5,7-11,14,17,21H,6,12-13,16,18H2,1H3. The van der Waals surface area contributed by atoms with Gasteiger partial charge in [0.25, 0.3) is 0 Å². The summed E-state index contributed by atoms with van der Waals surface area (Å²) in [5, 5.41) is 10.0. The average molecular weight is 399 g/mol. The van der Waals surface area contributed by atoms with E-state index in [-0.39, 0.29) is 5.91 Å². The number of aryl methyl sites for hydroxylation is 1. The van der Waals surface area contributed by atoms with Crippen molar-refractivity contribution in [3.05, 3.63) is 71.9 Å². The van der Waals surface area contributed by atoms with Gasteiger partial charge in [-0.25, -0.2) is 0 Å². The lowest BCUT2D eigenvalue weighted by atomic mass is 10.1. The Morgan fingerprint density at radius 2 is 2.00 bits per heavy atom. The van der Waals surface area contributed by atoms with Gasteiger partial charge >= 0.3 is 0 Å². The van der Waals surface area contributed by atoms with E-state index in [4.69, 9.17) is 10.00 Å². The Labute approximate surface area is 176 Å². The lowest BCUT2D eigenvalue weighted by molar-refractivity contribution is -0.127. The Morgan fingerprint density at radius 1 is 1.23 bits per heavy atom. The van der Waals surface area contributed by atoms with E-state index in [2.05, 4.69) is 16.7 Å². The summed E-state index contributed by atoms with van der Waals surface area (Å²) >= 11 is 0. The molecule has 0 radical (unpaired) electrons. The van der Waals surface area contributed by atoms with Crippen molar-refractivity contribution in [3.8, 4) is 11.8 Å². The number of benzene rings is 2. The summed E-state index contributed by atoms with van der Waals surface area (Å²) in [5.41, 5.74) is 3.08. The SMILES string of the molecule is COc1ccccc1CN(C(=O)C=Cc1cn(CCC#N)c2ccccc12)C1CC1. The maximum atomic E-state index is 13.1. The van der Waals surface area contributed by atoms with Crippen LogP contribution in [0.15, 0.2) is 60.8 Å². The molecule has 1 aliphatic carbocycles. The molecule has 0 atom stereocenters. The molecular weight excluding hydrogens is 374 g/mol. The third kappa shape index (κ3) is 4.23. The summed E-state index contributed by atoms with van der Waals surface area (Å²) in [6, 6.07) is 18.4. The number of hydrogen-bond acceptors (Lipinski definition) is 3. The molecule has 1 amide bonds. The lowest BCUT2D eigenvalue weighted by Crippen LogP contribution is -2.31. The van der Waals surface area contributed by atoms with Crippen LogP contribution in [0.25, 0.3) is 17.0 Å². The van der Waals surface area contributed by atoms with Gasteiger partial charge in [-0.05, 0) is 31.1 Å². The maximum absolute atomic E-state index is 13.1. The summed E-state index contributed by atoms with van der Waals surface area (Å²) in [7, 11) is 1.66. The molecule has 30 heavy (non-hydrogen) atoms. The molecule has 5 nitrogen and oxygen atoms in total. The van der Waals surface area contributed by atoms with Gasteiger partial charge in [0, 0.05) is 53.4 Å². The third-order valence-corrected chi connectivity index (χ3v) is 5.49. The van der Waals surface area contributed by atoms with Gasteiger partial charge in [-0.3, -0.25) is 4.79 Å². The highest BCUT2D eigenvalue weighted by Crippen LogP contribution is 2.31. The average Bonchev–Trinajstić information content (AvgIpc) is 3.56. The monoisotopic (exact) mass is 399 g/mol. The van der Waals surface area contributed by atoms with Crippen LogP contribution in [0, 0.1) is 11.3 Å². The zero-order valence-corrected chi connectivity index (χ0v) is 17.1. The molecule has 152 valence electrons. The van der Waals surface area contributed by atoms with Gasteiger partial charge in [0.15, 0.2) is 0 Å². The second kappa shape index (κ2) is 8.87. The molecular formula is C25H25N3O2. The van der Waals surface area contributed by atoms with E-state index in [0.717, 1.165) is 40.6 Å². The molecule has 1 aliphatic rings. The van der Waals surface area contributed by atoms with Gasteiger partial charge in [0.1, 0.15) is 5.75 Å². The fourth-order valence-corrected chi connectivity index (χ4v) is 3.81. The fourth-order valence-electron chi connectivity index (χ4n) is 3.81. The van der Waals surface area contributed by atoms with Crippen LogP contribution in [0.2, 0.25) is 0 Å². The molecule has 0 unspecified atom stereocenters. The van der Waals surface area contributed by atoms with Crippen LogP contribution in [0.1, 0.15) is 30.4 Å². The van der Waals surface area contributed by atoms with Crippen LogP contribution in [-0.4, -0.2) is 28.5 Å². The number of para-hydroxylation sites is 2. The molecule has 1 heterocycles. The van der Waals surface area contributed by atoms with Crippen molar-refractivity contribution in [2.75, 3.05) is 7.11 Å². The Balaban J connectivity index is 1.57. The van der Waals surface area contributed by atoms with E-state index < -0.39 is 0 Å². The first-order chi connectivity index (χ1) is 14.7. The predicted molar refractivity (Wildman–Crippen MR) is 118 cm³/mol. The minimum absolute atomic E-state index is 0.0114. The highest BCUT2D eigenvalue weighted by Gasteiger charge is 2.32. The van der Waals surface area contributed by atoms with Gasteiger partial charge in [-0.1, -0.05) is 36.4 Å². The van der Waals surface area contributed by atoms with E-state index in [9.17, 15) is 4.79 Å². The minimum Gasteiger partial charge on any atom is -0.496 e. The summed E-state index contributed by atoms with van der Waals surface area (Å²) < 4.78 is 7.54. The number of fused-ring (bicyclic) bond motifs is 1. The molecule has 3 aromatic rings. The smallest absolute Gasteiger partial charge is 0.247 e. The van der Waals surface area contributed by atoms with Crippen LogP contribution >= 0.6 is 0 Å². The highest BCUT2D eigenvalue weighted by atomic mass is 16.5. The Kier molecular flexibility index (Phi) is 5.85. The van der Waals surface area contributed by atoms with Crippen LogP contribution in [0.5, 0.6) is 5.75 Å². The number of aromatic nitrogens is 1. The van der Waals surface area contributed by atoms with Crippen LogP contribution in [0.3, 0.4) is 0 Å². The largest absolute Gasteiger partial charge is 0.496 e. The van der Waals surface area contributed by atoms with Crippen LogP contribution in [0.4, 0.5) is 0 Å². The zero-order chi connectivity index (χ0) is 20.9. The van der Waals surface area contributed by atoms with Crippen molar-refractivity contribution in [1.29, 1.82) is 5.26 Å². The van der Waals surface area contributed by atoms with Crippen LogP contribution < -0.4 is 4.74 Å². The topological polar surface area (TPSA) is 58.3 Å². The molecule has 0 saturated heterocycles. The van der Waals surface area contributed by atoms with Gasteiger partial charge in [0.2, 0.25) is 5.91 Å². The van der Waals surface area contributed by atoms with E-state index in [1.165, 1.54) is 0 Å². The Morgan fingerprint density at radius 3 is 2.77 bits per heavy atom. The first kappa shape index (κ1) is 19.8. The van der Waals surface area contributed by atoms with Crippen LogP contribution in [-0.2, 0) is 17.9 Å². The number of hydrogen-bond donors (Lipinski definition) is 0. The molecule has 0 N–H and O–H groups in total. The van der Waals surface area contributed by atoms with Crippen molar-refractivity contribution in [2.45, 2.75) is 38.4 Å². The minimum atomic E-state index is 0.0114. The summed E-state index contributed by atoms with van der Waals surface area (Å²) in [6.45, 7) is 1.18. The van der Waals surface area contributed by atoms with Crippen molar-refractivity contribution < 1.29 is 9.53 Å². The number of carbonyl (C=O) groups excluding carboxylic acids is 1. The number of rotatable bonds is 8. The first-order valence-electron chi connectivity index (χ1n) is 10.3. The zero-order valence-electron chi connectivity index (χ0n) is 17.1. The van der Waals surface area contributed by atoms with Gasteiger partial charge in [-0.2, -0.15) is 5.26 Å². The van der Waals surface area contributed by atoms with Crippen molar-refractivity contribution in [3.63, 3.8) is 0 Å². The van der Waals surface area contributed by atoms with Crippen molar-refractivity contribution in [1.82, 2.24) is 9.47 Å². The normalized spacial score (nSPS) is 13.5. The second-order valence-corrected chi connectivity index (χ2v) is 7.55. The summed E-state index contributed by atoms with van der Waals surface area (Å²) in [6.07, 6.45) is 8.13. The summed E-state index contributed by atoms with van der Waals surface area (Å²) in [5.74, 6) is 0.817. The number of ether oxygens (including phenoxy) is 1. The van der Waals surface area contributed by atoms with Gasteiger partial charge in [-0.15, -0.1) is 0 Å². The molecule has 0 aliphatic heterocycles. The molecule has 4 rings (SSSR count). The molecule has 1 saturated carbocycles. The van der Waals surface area contributed by atoms with E-state index >= 15 is 0 Å². The third-order valence-electron chi connectivity index (χ3n) is 5.49. The molecule has 1 aromatic heterocycles. The van der Waals surface area contributed by atoms with E-state index in [1.54, 1.807) is 13.2 Å². The molecule has 0 spiro atoms. The first-order valence-corrected chi connectivity index (χ1v) is 10.3. The summed E-state index contributed by atoms with van der Waals surface area (Å²) in [4.78, 5) is 15.0. The second-order valence-electron chi connectivity index (χ2n) is 7.55. The highest BCUT2D eigenvalue weighted by molar-refractivity contribution is 5.96. The molecule has 1 fully saturated rings. The predicted octanol–water partition coefficient (Wildman–Crippen LogP) is 4.77. The maximum Gasteiger partial charge on any atom is 0.247 e. The number of amides is 1. The number of methoxy groups -OCH3 is 1. The Hall–Kier alpha value is -3.52. The number of nitriles is 1. The van der Waals surface area contributed by atoms with Crippen molar-refractivity contribution in [2.24, 2.45) is 0 Å². The Bertz CT molecular complexity index is 1120. The number of nitrogens with zero attached hydrogens (tertiary/aromatic N) is 3. The fraction of sp³-hybridized carbons (Fsp3) is 0.280. The quantitative estimate of drug-likeness (QED) is 0.513.